The van der Waals surface area contributed by atoms with Crippen molar-refractivity contribution in [3.05, 3.63) is 102 Å². The summed E-state index contributed by atoms with van der Waals surface area (Å²) < 4.78 is 36.8. The predicted molar refractivity (Wildman–Crippen MR) is 106 cm³/mol. The average molecular weight is 355 g/mol. The first-order chi connectivity index (χ1) is 14.0. The number of halogens is 1. The summed E-state index contributed by atoms with van der Waals surface area (Å²) >= 11 is 0. The van der Waals surface area contributed by atoms with Crippen LogP contribution in [0.4, 0.5) is 4.39 Å². The minimum atomic E-state index is -1.66. The monoisotopic (exact) mass is 355 g/mol. The number of fused-ring (bicyclic) bond motifs is 3. The molecule has 2 heterocycles. The third-order valence-electron chi connectivity index (χ3n) is 4.56. The van der Waals surface area contributed by atoms with Gasteiger partial charge in [0, 0.05) is 31.3 Å². The van der Waals surface area contributed by atoms with Gasteiger partial charge in [0.05, 0.1) is 5.69 Å². The lowest BCUT2D eigenvalue weighted by atomic mass is 10.0. The van der Waals surface area contributed by atoms with Gasteiger partial charge in [-0.05, 0) is 47.8 Å². The zero-order valence-corrected chi connectivity index (χ0v) is 14.3. The molecule has 3 aromatic carbocycles. The topological polar surface area (TPSA) is 26.0 Å². The molecule has 2 aromatic heterocycles. The van der Waals surface area contributed by atoms with E-state index >= 15 is 0 Å². The zero-order valence-electron chi connectivity index (χ0n) is 16.3. The van der Waals surface area contributed by atoms with Gasteiger partial charge < -0.3 is 4.42 Å². The van der Waals surface area contributed by atoms with Gasteiger partial charge in [-0.15, -0.1) is 0 Å². The lowest BCUT2D eigenvalue weighted by Crippen LogP contribution is -1.91. The SMILES string of the molecule is [2H]C([2H])(c1ccccc1)c1ccnc(-c2cccc3c2oc2cc(F)ccc23)c1. The van der Waals surface area contributed by atoms with Gasteiger partial charge in [0.25, 0.3) is 0 Å². The van der Waals surface area contributed by atoms with Crippen molar-refractivity contribution in [2.45, 2.75) is 6.37 Å². The Balaban J connectivity index is 1.68. The van der Waals surface area contributed by atoms with Crippen LogP contribution in [-0.2, 0) is 6.37 Å². The third-order valence-corrected chi connectivity index (χ3v) is 4.56. The summed E-state index contributed by atoms with van der Waals surface area (Å²) in [6.07, 6.45) is -0.0591. The van der Waals surface area contributed by atoms with Crippen LogP contribution < -0.4 is 0 Å². The first-order valence-corrected chi connectivity index (χ1v) is 8.67. The summed E-state index contributed by atoms with van der Waals surface area (Å²) in [5.74, 6) is -0.353. The molecule has 0 saturated carbocycles. The van der Waals surface area contributed by atoms with Crippen molar-refractivity contribution >= 4 is 21.9 Å². The number of nitrogens with zero attached hydrogens (tertiary/aromatic N) is 1. The van der Waals surface area contributed by atoms with Crippen molar-refractivity contribution in [3.8, 4) is 11.3 Å². The van der Waals surface area contributed by atoms with Crippen LogP contribution in [0.25, 0.3) is 33.2 Å². The second-order valence-electron chi connectivity index (χ2n) is 6.35. The molecule has 0 atom stereocenters. The lowest BCUT2D eigenvalue weighted by molar-refractivity contribution is 0.618. The summed E-state index contributed by atoms with van der Waals surface area (Å²) in [7, 11) is 0. The Kier molecular flexibility index (Phi) is 3.23. The minimum absolute atomic E-state index is 0.353. The Morgan fingerprint density at radius 2 is 1.74 bits per heavy atom. The van der Waals surface area contributed by atoms with E-state index in [1.165, 1.54) is 12.1 Å². The molecule has 0 saturated heterocycles. The van der Waals surface area contributed by atoms with Gasteiger partial charge >= 0.3 is 0 Å². The highest BCUT2D eigenvalue weighted by Crippen LogP contribution is 2.35. The maximum Gasteiger partial charge on any atom is 0.144 e. The number of hydrogen-bond donors (Lipinski definition) is 0. The maximum absolute atomic E-state index is 13.6. The van der Waals surface area contributed by atoms with E-state index in [2.05, 4.69) is 4.98 Å². The number of hydrogen-bond acceptors (Lipinski definition) is 2. The van der Waals surface area contributed by atoms with Crippen molar-refractivity contribution in [1.29, 1.82) is 0 Å². The Morgan fingerprint density at radius 3 is 2.63 bits per heavy atom. The van der Waals surface area contributed by atoms with Crippen molar-refractivity contribution in [3.63, 3.8) is 0 Å². The molecule has 0 N–H and O–H groups in total. The molecule has 2 nitrogen and oxygen atoms in total. The number of rotatable bonds is 3. The second-order valence-corrected chi connectivity index (χ2v) is 6.35. The summed E-state index contributed by atoms with van der Waals surface area (Å²) in [6.45, 7) is 0. The molecule has 5 aromatic rings. The number of para-hydroxylation sites is 1. The van der Waals surface area contributed by atoms with Gasteiger partial charge in [-0.2, -0.15) is 0 Å². The van der Waals surface area contributed by atoms with Gasteiger partial charge in [0.15, 0.2) is 0 Å². The Labute approximate surface area is 158 Å². The third kappa shape index (κ3) is 2.87. The number of aromatic nitrogens is 1. The summed E-state index contributed by atoms with van der Waals surface area (Å²) in [5, 5.41) is 1.70. The highest BCUT2D eigenvalue weighted by Gasteiger charge is 2.13. The van der Waals surface area contributed by atoms with E-state index in [-0.39, 0.29) is 5.82 Å². The molecule has 5 rings (SSSR count). The fraction of sp³-hybridized carbons (Fsp3) is 0.0417. The van der Waals surface area contributed by atoms with Gasteiger partial charge in [-0.25, -0.2) is 4.39 Å². The molecule has 0 aliphatic carbocycles. The van der Waals surface area contributed by atoms with Crippen LogP contribution in [0.1, 0.15) is 13.9 Å². The van der Waals surface area contributed by atoms with Crippen molar-refractivity contribution in [1.82, 2.24) is 4.98 Å². The molecule has 0 fully saturated rings. The van der Waals surface area contributed by atoms with E-state index in [9.17, 15) is 4.39 Å². The molecule has 0 spiro atoms. The van der Waals surface area contributed by atoms with Gasteiger partial charge in [-0.3, -0.25) is 4.98 Å². The molecular formula is C24H16FNO. The fourth-order valence-corrected chi connectivity index (χ4v) is 3.32. The van der Waals surface area contributed by atoms with Crippen LogP contribution >= 0.6 is 0 Å². The lowest BCUT2D eigenvalue weighted by Gasteiger charge is -2.06. The second kappa shape index (κ2) is 6.36. The Hall–Kier alpha value is -3.46. The number of furan rings is 1. The van der Waals surface area contributed by atoms with Gasteiger partial charge in [0.2, 0.25) is 0 Å². The predicted octanol–water partition coefficient (Wildman–Crippen LogP) is 6.38. The Bertz CT molecular complexity index is 1350. The Morgan fingerprint density at radius 1 is 0.852 bits per heavy atom. The molecule has 0 aliphatic rings. The van der Waals surface area contributed by atoms with E-state index in [0.717, 1.165) is 16.3 Å². The molecule has 0 amide bonds. The summed E-state index contributed by atoms with van der Waals surface area (Å²) in [5.41, 5.74) is 3.51. The van der Waals surface area contributed by atoms with Crippen LogP contribution in [0.5, 0.6) is 0 Å². The summed E-state index contributed by atoms with van der Waals surface area (Å²) in [6, 6.07) is 22.7. The molecule has 27 heavy (non-hydrogen) atoms. The van der Waals surface area contributed by atoms with Crippen molar-refractivity contribution < 1.29 is 11.5 Å². The molecule has 130 valence electrons. The van der Waals surface area contributed by atoms with Crippen LogP contribution in [0, 0.1) is 5.82 Å². The average Bonchev–Trinajstić information content (AvgIpc) is 3.12. The normalized spacial score (nSPS) is 12.9. The standard InChI is InChI=1S/C24H16FNO/c25-18-9-10-19-20-7-4-8-21(24(20)27-23(19)15-18)22-14-17(11-12-26-22)13-16-5-2-1-3-6-16/h1-12,14-15H,13H2/i13D2. The molecule has 3 heteroatoms. The van der Waals surface area contributed by atoms with Crippen molar-refractivity contribution in [2.75, 3.05) is 0 Å². The first kappa shape index (κ1) is 13.7. The van der Waals surface area contributed by atoms with Gasteiger partial charge in [0.1, 0.15) is 17.0 Å². The van der Waals surface area contributed by atoms with E-state index in [1.807, 2.05) is 36.4 Å². The van der Waals surface area contributed by atoms with E-state index < -0.39 is 6.37 Å². The fourth-order valence-electron chi connectivity index (χ4n) is 3.32. The number of pyridine rings is 1. The van der Waals surface area contributed by atoms with E-state index in [1.54, 1.807) is 36.5 Å². The quantitative estimate of drug-likeness (QED) is 0.375. The molecule has 0 bridgehead atoms. The van der Waals surface area contributed by atoms with Crippen LogP contribution in [0.2, 0.25) is 0 Å². The van der Waals surface area contributed by atoms with E-state index in [0.29, 0.717) is 28.0 Å². The maximum atomic E-state index is 13.6. The first-order valence-electron chi connectivity index (χ1n) is 9.67. The van der Waals surface area contributed by atoms with Crippen LogP contribution in [0.3, 0.4) is 0 Å². The molecule has 0 radical (unpaired) electrons. The molecule has 0 unspecified atom stereocenters. The van der Waals surface area contributed by atoms with Gasteiger partial charge in [-0.1, -0.05) is 42.5 Å². The van der Waals surface area contributed by atoms with Crippen LogP contribution in [-0.4, -0.2) is 4.98 Å². The highest BCUT2D eigenvalue weighted by molar-refractivity contribution is 6.09. The minimum Gasteiger partial charge on any atom is -0.455 e. The molecular weight excluding hydrogens is 337 g/mol. The number of benzene rings is 3. The largest absolute Gasteiger partial charge is 0.455 e. The smallest absolute Gasteiger partial charge is 0.144 e. The summed E-state index contributed by atoms with van der Waals surface area (Å²) in [4.78, 5) is 4.45. The molecule has 0 aliphatic heterocycles. The highest BCUT2D eigenvalue weighted by atomic mass is 19.1. The zero-order chi connectivity index (χ0) is 20.0. The van der Waals surface area contributed by atoms with E-state index in [4.69, 9.17) is 7.16 Å². The van der Waals surface area contributed by atoms with Crippen LogP contribution in [0.15, 0.2) is 89.5 Å². The van der Waals surface area contributed by atoms with Crippen molar-refractivity contribution in [2.24, 2.45) is 0 Å².